The molecule has 68 valence electrons. The van der Waals surface area contributed by atoms with Gasteiger partial charge < -0.3 is 8.94 Å². The van der Waals surface area contributed by atoms with Crippen LogP contribution in [0.25, 0.3) is 11.5 Å². The van der Waals surface area contributed by atoms with E-state index in [9.17, 15) is 0 Å². The van der Waals surface area contributed by atoms with Crippen LogP contribution in [0.2, 0.25) is 0 Å². The highest BCUT2D eigenvalue weighted by Gasteiger charge is 2.14. The Morgan fingerprint density at radius 2 is 2.38 bits per heavy atom. The summed E-state index contributed by atoms with van der Waals surface area (Å²) < 4.78 is 10.3. The predicted octanol–water partition coefficient (Wildman–Crippen LogP) is 2.98. The standard InChI is InChI=1S/C9H8ClNO2/c1-6-7(5-10)11-13-9(6)8-3-2-4-12-8/h2-4H,5H2,1H3. The zero-order valence-electron chi connectivity index (χ0n) is 7.08. The Hall–Kier alpha value is -1.22. The third-order valence-corrected chi connectivity index (χ3v) is 2.15. The van der Waals surface area contributed by atoms with Gasteiger partial charge in [0, 0.05) is 5.56 Å². The minimum absolute atomic E-state index is 0.357. The maximum absolute atomic E-state index is 5.65. The summed E-state index contributed by atoms with van der Waals surface area (Å²) in [4.78, 5) is 0. The Balaban J connectivity index is 2.48. The summed E-state index contributed by atoms with van der Waals surface area (Å²) in [6.45, 7) is 1.91. The molecule has 0 unspecified atom stereocenters. The summed E-state index contributed by atoms with van der Waals surface area (Å²) in [5.41, 5.74) is 1.69. The maximum Gasteiger partial charge on any atom is 0.205 e. The number of alkyl halides is 1. The Morgan fingerprint density at radius 1 is 1.54 bits per heavy atom. The van der Waals surface area contributed by atoms with Gasteiger partial charge in [0.2, 0.25) is 5.76 Å². The van der Waals surface area contributed by atoms with E-state index >= 15 is 0 Å². The Bertz CT molecular complexity index is 392. The maximum atomic E-state index is 5.65. The summed E-state index contributed by atoms with van der Waals surface area (Å²) >= 11 is 5.65. The number of hydrogen-bond acceptors (Lipinski definition) is 3. The molecule has 0 spiro atoms. The van der Waals surface area contributed by atoms with Crippen LogP contribution in [0.3, 0.4) is 0 Å². The fourth-order valence-electron chi connectivity index (χ4n) is 1.13. The molecule has 13 heavy (non-hydrogen) atoms. The Morgan fingerprint density at radius 3 is 2.92 bits per heavy atom. The molecule has 0 N–H and O–H groups in total. The van der Waals surface area contributed by atoms with E-state index < -0.39 is 0 Å². The molecule has 0 amide bonds. The quantitative estimate of drug-likeness (QED) is 0.695. The molecule has 0 bridgehead atoms. The van der Waals surface area contributed by atoms with Gasteiger partial charge in [-0.2, -0.15) is 0 Å². The molecule has 0 atom stereocenters. The number of hydrogen-bond donors (Lipinski definition) is 0. The minimum atomic E-state index is 0.357. The summed E-state index contributed by atoms with van der Waals surface area (Å²) in [6, 6.07) is 3.63. The highest BCUT2D eigenvalue weighted by molar-refractivity contribution is 6.17. The van der Waals surface area contributed by atoms with E-state index in [0.717, 1.165) is 11.3 Å². The van der Waals surface area contributed by atoms with E-state index in [2.05, 4.69) is 5.16 Å². The number of furan rings is 1. The minimum Gasteiger partial charge on any atom is -0.461 e. The SMILES string of the molecule is Cc1c(CCl)noc1-c1ccco1. The molecule has 0 radical (unpaired) electrons. The second kappa shape index (κ2) is 3.26. The van der Waals surface area contributed by atoms with Crippen LogP contribution in [0.5, 0.6) is 0 Å². The highest BCUT2D eigenvalue weighted by Crippen LogP contribution is 2.26. The van der Waals surface area contributed by atoms with Crippen molar-refractivity contribution in [3.8, 4) is 11.5 Å². The fourth-order valence-corrected chi connectivity index (χ4v) is 1.38. The molecular weight excluding hydrogens is 190 g/mol. The molecule has 4 heteroatoms. The Kier molecular flexibility index (Phi) is 2.10. The fraction of sp³-hybridized carbons (Fsp3) is 0.222. The van der Waals surface area contributed by atoms with E-state index in [1.165, 1.54) is 0 Å². The first kappa shape index (κ1) is 8.38. The first-order valence-electron chi connectivity index (χ1n) is 3.88. The van der Waals surface area contributed by atoms with Crippen molar-refractivity contribution in [3.63, 3.8) is 0 Å². The predicted molar refractivity (Wildman–Crippen MR) is 48.5 cm³/mol. The van der Waals surface area contributed by atoms with Gasteiger partial charge in [0.05, 0.1) is 12.1 Å². The van der Waals surface area contributed by atoms with Crippen molar-refractivity contribution in [1.82, 2.24) is 5.16 Å². The van der Waals surface area contributed by atoms with Crippen molar-refractivity contribution < 1.29 is 8.94 Å². The summed E-state index contributed by atoms with van der Waals surface area (Å²) in [5.74, 6) is 1.69. The Labute approximate surface area is 80.3 Å². The van der Waals surface area contributed by atoms with E-state index in [4.69, 9.17) is 20.5 Å². The van der Waals surface area contributed by atoms with Crippen LogP contribution in [0.1, 0.15) is 11.3 Å². The van der Waals surface area contributed by atoms with Gasteiger partial charge in [0.1, 0.15) is 5.69 Å². The van der Waals surface area contributed by atoms with Crippen LogP contribution >= 0.6 is 11.6 Å². The lowest BCUT2D eigenvalue weighted by Gasteiger charge is -1.90. The van der Waals surface area contributed by atoms with Gasteiger partial charge in [-0.3, -0.25) is 0 Å². The van der Waals surface area contributed by atoms with Crippen LogP contribution in [-0.2, 0) is 5.88 Å². The van der Waals surface area contributed by atoms with Crippen molar-refractivity contribution in [2.75, 3.05) is 0 Å². The second-order valence-electron chi connectivity index (χ2n) is 2.69. The average Bonchev–Trinajstić information content (AvgIpc) is 2.72. The van der Waals surface area contributed by atoms with Gasteiger partial charge >= 0.3 is 0 Å². The molecule has 0 aliphatic carbocycles. The van der Waals surface area contributed by atoms with E-state index in [0.29, 0.717) is 17.4 Å². The van der Waals surface area contributed by atoms with Gasteiger partial charge in [-0.15, -0.1) is 11.6 Å². The van der Waals surface area contributed by atoms with Crippen LogP contribution in [-0.4, -0.2) is 5.16 Å². The summed E-state index contributed by atoms with van der Waals surface area (Å²) in [5, 5.41) is 3.82. The smallest absolute Gasteiger partial charge is 0.205 e. The topological polar surface area (TPSA) is 39.2 Å². The molecule has 0 saturated heterocycles. The van der Waals surface area contributed by atoms with Gasteiger partial charge in [-0.05, 0) is 19.1 Å². The zero-order valence-corrected chi connectivity index (χ0v) is 7.84. The summed E-state index contributed by atoms with van der Waals surface area (Å²) in [7, 11) is 0. The van der Waals surface area contributed by atoms with Crippen molar-refractivity contribution in [3.05, 3.63) is 29.7 Å². The van der Waals surface area contributed by atoms with Crippen LogP contribution in [0, 0.1) is 6.92 Å². The van der Waals surface area contributed by atoms with Gasteiger partial charge in [-0.25, -0.2) is 0 Å². The number of halogens is 1. The lowest BCUT2D eigenvalue weighted by molar-refractivity contribution is 0.412. The van der Waals surface area contributed by atoms with Crippen molar-refractivity contribution in [2.24, 2.45) is 0 Å². The second-order valence-corrected chi connectivity index (χ2v) is 2.96. The average molecular weight is 198 g/mol. The summed E-state index contributed by atoms with van der Waals surface area (Å²) in [6.07, 6.45) is 1.59. The van der Waals surface area contributed by atoms with E-state index in [-0.39, 0.29) is 0 Å². The van der Waals surface area contributed by atoms with Gasteiger partial charge in [-0.1, -0.05) is 5.16 Å². The molecule has 0 aliphatic rings. The molecule has 0 saturated carbocycles. The first-order chi connectivity index (χ1) is 6.33. The molecule has 2 heterocycles. The normalized spacial score (nSPS) is 10.6. The molecule has 2 aromatic heterocycles. The van der Waals surface area contributed by atoms with Crippen LogP contribution in [0.4, 0.5) is 0 Å². The third-order valence-electron chi connectivity index (χ3n) is 1.89. The molecule has 0 fully saturated rings. The van der Waals surface area contributed by atoms with Gasteiger partial charge in [0.25, 0.3) is 0 Å². The van der Waals surface area contributed by atoms with Crippen LogP contribution in [0.15, 0.2) is 27.3 Å². The molecule has 2 rings (SSSR count). The molecule has 0 aliphatic heterocycles. The highest BCUT2D eigenvalue weighted by atomic mass is 35.5. The van der Waals surface area contributed by atoms with Crippen molar-refractivity contribution in [2.45, 2.75) is 12.8 Å². The number of aromatic nitrogens is 1. The van der Waals surface area contributed by atoms with E-state index in [1.807, 2.05) is 13.0 Å². The lowest BCUT2D eigenvalue weighted by atomic mass is 10.2. The molecule has 2 aromatic rings. The van der Waals surface area contributed by atoms with Crippen LogP contribution < -0.4 is 0 Å². The van der Waals surface area contributed by atoms with Crippen molar-refractivity contribution in [1.29, 1.82) is 0 Å². The molecular formula is C9H8ClNO2. The largest absolute Gasteiger partial charge is 0.461 e. The van der Waals surface area contributed by atoms with E-state index in [1.54, 1.807) is 12.3 Å². The zero-order chi connectivity index (χ0) is 9.26. The third kappa shape index (κ3) is 1.35. The van der Waals surface area contributed by atoms with Gasteiger partial charge in [0.15, 0.2) is 5.76 Å². The number of nitrogens with zero attached hydrogens (tertiary/aromatic N) is 1. The molecule has 3 nitrogen and oxygen atoms in total. The molecule has 0 aromatic carbocycles. The number of rotatable bonds is 2. The lowest BCUT2D eigenvalue weighted by Crippen LogP contribution is -1.80. The first-order valence-corrected chi connectivity index (χ1v) is 4.41. The van der Waals surface area contributed by atoms with Crippen molar-refractivity contribution >= 4 is 11.6 Å². The monoisotopic (exact) mass is 197 g/mol.